The van der Waals surface area contributed by atoms with Gasteiger partial charge < -0.3 is 10.1 Å². The van der Waals surface area contributed by atoms with Crippen LogP contribution in [0.5, 0.6) is 0 Å². The van der Waals surface area contributed by atoms with Gasteiger partial charge in [-0.3, -0.25) is 14.7 Å². The summed E-state index contributed by atoms with van der Waals surface area (Å²) in [6.45, 7) is 4.72. The third-order valence-electron chi connectivity index (χ3n) is 4.75. The zero-order valence-electron chi connectivity index (χ0n) is 15.6. The van der Waals surface area contributed by atoms with E-state index in [0.717, 1.165) is 44.1 Å². The van der Waals surface area contributed by atoms with Gasteiger partial charge in [0.25, 0.3) is 5.91 Å². The Balaban J connectivity index is 1.54. The molecule has 7 nitrogen and oxygen atoms in total. The van der Waals surface area contributed by atoms with E-state index in [2.05, 4.69) is 20.3 Å². The second kappa shape index (κ2) is 8.77. The standard InChI is InChI=1S/C21H23N5O2/c27-21(23-10-11-25-12-14-28-15-13-25)19-16-26(18-4-2-1-3-5-18)24-20(19)17-6-8-22-9-7-17/h1-9,16H,10-15H2,(H,23,27). The third-order valence-corrected chi connectivity index (χ3v) is 4.75. The van der Waals surface area contributed by atoms with Gasteiger partial charge in [-0.15, -0.1) is 0 Å². The predicted octanol–water partition coefficient (Wildman–Crippen LogP) is 2.00. The van der Waals surface area contributed by atoms with E-state index in [4.69, 9.17) is 4.74 Å². The van der Waals surface area contributed by atoms with Crippen LogP contribution in [0, 0.1) is 0 Å². The molecular formula is C21H23N5O2. The van der Waals surface area contributed by atoms with Crippen LogP contribution in [0.4, 0.5) is 0 Å². The highest BCUT2D eigenvalue weighted by Gasteiger charge is 2.19. The molecule has 1 aliphatic rings. The molecule has 0 saturated carbocycles. The van der Waals surface area contributed by atoms with E-state index >= 15 is 0 Å². The van der Waals surface area contributed by atoms with Crippen LogP contribution >= 0.6 is 0 Å². The van der Waals surface area contributed by atoms with Gasteiger partial charge in [-0.05, 0) is 24.3 Å². The molecule has 28 heavy (non-hydrogen) atoms. The Morgan fingerprint density at radius 2 is 1.82 bits per heavy atom. The molecule has 0 bridgehead atoms. The number of nitrogens with one attached hydrogen (secondary N) is 1. The predicted molar refractivity (Wildman–Crippen MR) is 106 cm³/mol. The molecule has 4 rings (SSSR count). The zero-order valence-corrected chi connectivity index (χ0v) is 15.6. The molecule has 1 fully saturated rings. The van der Waals surface area contributed by atoms with Gasteiger partial charge in [-0.25, -0.2) is 4.68 Å². The number of nitrogens with zero attached hydrogens (tertiary/aromatic N) is 4. The number of aromatic nitrogens is 3. The first kappa shape index (κ1) is 18.3. The Labute approximate surface area is 164 Å². The lowest BCUT2D eigenvalue weighted by atomic mass is 10.1. The van der Waals surface area contributed by atoms with Crippen LogP contribution in [0.25, 0.3) is 16.9 Å². The van der Waals surface area contributed by atoms with Crippen molar-refractivity contribution in [2.75, 3.05) is 39.4 Å². The number of ether oxygens (including phenoxy) is 1. The average molecular weight is 377 g/mol. The van der Waals surface area contributed by atoms with E-state index in [9.17, 15) is 4.79 Å². The first-order valence-corrected chi connectivity index (χ1v) is 9.45. The van der Waals surface area contributed by atoms with Crippen molar-refractivity contribution in [2.24, 2.45) is 0 Å². The van der Waals surface area contributed by atoms with Crippen LogP contribution in [0.15, 0.2) is 61.1 Å². The number of carbonyl (C=O) groups is 1. The Hall–Kier alpha value is -3.03. The van der Waals surface area contributed by atoms with Gasteiger partial charge in [0, 0.05) is 50.3 Å². The number of hydrogen-bond donors (Lipinski definition) is 1. The number of hydrogen-bond acceptors (Lipinski definition) is 5. The molecule has 0 radical (unpaired) electrons. The fourth-order valence-electron chi connectivity index (χ4n) is 3.22. The minimum Gasteiger partial charge on any atom is -0.379 e. The average Bonchev–Trinajstić information content (AvgIpc) is 3.21. The molecule has 1 aliphatic heterocycles. The normalized spacial score (nSPS) is 14.7. The van der Waals surface area contributed by atoms with E-state index < -0.39 is 0 Å². The number of pyridine rings is 1. The zero-order chi connectivity index (χ0) is 19.2. The lowest BCUT2D eigenvalue weighted by Gasteiger charge is -2.26. The summed E-state index contributed by atoms with van der Waals surface area (Å²) in [6.07, 6.45) is 5.20. The summed E-state index contributed by atoms with van der Waals surface area (Å²) in [5.41, 5.74) is 2.97. The van der Waals surface area contributed by atoms with Crippen molar-refractivity contribution in [2.45, 2.75) is 0 Å². The summed E-state index contributed by atoms with van der Waals surface area (Å²) >= 11 is 0. The molecule has 0 aliphatic carbocycles. The van der Waals surface area contributed by atoms with Crippen molar-refractivity contribution in [3.8, 4) is 16.9 Å². The molecule has 3 heterocycles. The number of para-hydroxylation sites is 1. The number of carbonyl (C=O) groups excluding carboxylic acids is 1. The van der Waals surface area contributed by atoms with E-state index in [1.165, 1.54) is 0 Å². The summed E-state index contributed by atoms with van der Waals surface area (Å²) in [7, 11) is 0. The molecular weight excluding hydrogens is 354 g/mol. The first-order chi connectivity index (χ1) is 13.8. The molecule has 7 heteroatoms. The van der Waals surface area contributed by atoms with E-state index in [-0.39, 0.29) is 5.91 Å². The molecule has 0 unspecified atom stereocenters. The summed E-state index contributed by atoms with van der Waals surface area (Å²) < 4.78 is 7.10. The fourth-order valence-corrected chi connectivity index (χ4v) is 3.22. The maximum absolute atomic E-state index is 12.9. The minimum absolute atomic E-state index is 0.123. The Morgan fingerprint density at radius 1 is 1.07 bits per heavy atom. The molecule has 1 aromatic carbocycles. The molecule has 144 valence electrons. The number of benzene rings is 1. The Kier molecular flexibility index (Phi) is 5.75. The SMILES string of the molecule is O=C(NCCN1CCOCC1)c1cn(-c2ccccc2)nc1-c1ccncc1. The smallest absolute Gasteiger partial charge is 0.255 e. The highest BCUT2D eigenvalue weighted by Crippen LogP contribution is 2.23. The summed E-state index contributed by atoms with van der Waals surface area (Å²) in [5.74, 6) is -0.123. The van der Waals surface area contributed by atoms with Crippen LogP contribution < -0.4 is 5.32 Å². The third kappa shape index (κ3) is 4.27. The Bertz CT molecular complexity index is 905. The van der Waals surface area contributed by atoms with Crippen molar-refractivity contribution in [3.63, 3.8) is 0 Å². The van der Waals surface area contributed by atoms with E-state index in [0.29, 0.717) is 17.8 Å². The number of morpholine rings is 1. The van der Waals surface area contributed by atoms with Gasteiger partial charge in [0.1, 0.15) is 5.69 Å². The number of amides is 1. The molecule has 2 aromatic heterocycles. The second-order valence-corrected chi connectivity index (χ2v) is 6.62. The maximum Gasteiger partial charge on any atom is 0.255 e. The van der Waals surface area contributed by atoms with Crippen molar-refractivity contribution in [1.29, 1.82) is 0 Å². The maximum atomic E-state index is 12.9. The molecule has 3 aromatic rings. The van der Waals surface area contributed by atoms with Crippen LogP contribution in [0.3, 0.4) is 0 Å². The quantitative estimate of drug-likeness (QED) is 0.711. The van der Waals surface area contributed by atoms with Crippen molar-refractivity contribution < 1.29 is 9.53 Å². The van der Waals surface area contributed by atoms with Crippen molar-refractivity contribution in [1.82, 2.24) is 25.0 Å². The second-order valence-electron chi connectivity index (χ2n) is 6.62. The molecule has 1 amide bonds. The summed E-state index contributed by atoms with van der Waals surface area (Å²) in [6, 6.07) is 13.5. The summed E-state index contributed by atoms with van der Waals surface area (Å²) in [5, 5.41) is 7.70. The highest BCUT2D eigenvalue weighted by molar-refractivity contribution is 5.99. The monoisotopic (exact) mass is 377 g/mol. The van der Waals surface area contributed by atoms with Gasteiger partial charge in [0.2, 0.25) is 0 Å². The molecule has 1 N–H and O–H groups in total. The van der Waals surface area contributed by atoms with E-state index in [1.807, 2.05) is 42.5 Å². The van der Waals surface area contributed by atoms with Crippen LogP contribution in [-0.2, 0) is 4.74 Å². The lowest BCUT2D eigenvalue weighted by Crippen LogP contribution is -2.41. The fraction of sp³-hybridized carbons (Fsp3) is 0.286. The van der Waals surface area contributed by atoms with Gasteiger partial charge in [0.15, 0.2) is 0 Å². The van der Waals surface area contributed by atoms with Gasteiger partial charge >= 0.3 is 0 Å². The topological polar surface area (TPSA) is 72.3 Å². The van der Waals surface area contributed by atoms with Crippen molar-refractivity contribution in [3.05, 3.63) is 66.6 Å². The van der Waals surface area contributed by atoms with Gasteiger partial charge in [-0.1, -0.05) is 18.2 Å². The van der Waals surface area contributed by atoms with Crippen LogP contribution in [-0.4, -0.2) is 65.0 Å². The van der Waals surface area contributed by atoms with Gasteiger partial charge in [0.05, 0.1) is 24.5 Å². The van der Waals surface area contributed by atoms with Crippen LogP contribution in [0.2, 0.25) is 0 Å². The lowest BCUT2D eigenvalue weighted by molar-refractivity contribution is 0.0383. The Morgan fingerprint density at radius 3 is 2.57 bits per heavy atom. The van der Waals surface area contributed by atoms with Crippen molar-refractivity contribution >= 4 is 5.91 Å². The van der Waals surface area contributed by atoms with E-state index in [1.54, 1.807) is 23.3 Å². The number of rotatable bonds is 6. The first-order valence-electron chi connectivity index (χ1n) is 9.45. The minimum atomic E-state index is -0.123. The largest absolute Gasteiger partial charge is 0.379 e. The highest BCUT2D eigenvalue weighted by atomic mass is 16.5. The van der Waals surface area contributed by atoms with Gasteiger partial charge in [-0.2, -0.15) is 5.10 Å². The molecule has 1 saturated heterocycles. The molecule has 0 atom stereocenters. The summed E-state index contributed by atoms with van der Waals surface area (Å²) in [4.78, 5) is 19.3. The van der Waals surface area contributed by atoms with Crippen LogP contribution in [0.1, 0.15) is 10.4 Å². The molecule has 0 spiro atoms.